The minimum atomic E-state index is -4.78. The lowest BCUT2D eigenvalue weighted by Gasteiger charge is -2.40. The molecule has 2 aliphatic rings. The first-order chi connectivity index (χ1) is 12.7. The van der Waals surface area contributed by atoms with Crippen LogP contribution < -0.4 is 4.74 Å². The van der Waals surface area contributed by atoms with E-state index in [0.717, 1.165) is 18.9 Å². The summed E-state index contributed by atoms with van der Waals surface area (Å²) in [5.41, 5.74) is 0.211. The van der Waals surface area contributed by atoms with Crippen molar-refractivity contribution in [1.82, 2.24) is 9.80 Å². The van der Waals surface area contributed by atoms with Crippen LogP contribution in [0.15, 0.2) is 24.3 Å². The number of carbonyl (C=O) groups excluding carboxylic acids is 1. The number of likely N-dealkylation sites (tertiary alicyclic amines) is 1. The van der Waals surface area contributed by atoms with E-state index in [1.165, 1.54) is 18.2 Å². The lowest BCUT2D eigenvalue weighted by molar-refractivity contribution is -0.274. The molecular formula is C19H25F3N2O3. The third kappa shape index (κ3) is 4.55. The van der Waals surface area contributed by atoms with Crippen LogP contribution in [-0.4, -0.2) is 68.5 Å². The van der Waals surface area contributed by atoms with Gasteiger partial charge in [0.25, 0.3) is 5.91 Å². The smallest absolute Gasteiger partial charge is 0.406 e. The highest BCUT2D eigenvalue weighted by Crippen LogP contribution is 2.39. The van der Waals surface area contributed by atoms with Crippen molar-refractivity contribution in [3.8, 4) is 5.75 Å². The Balaban J connectivity index is 1.70. The molecule has 4 atom stereocenters. The first kappa shape index (κ1) is 19.9. The summed E-state index contributed by atoms with van der Waals surface area (Å²) in [5.74, 6) is 0.0940. The number of carbonyl (C=O) groups is 1. The number of amides is 1. The topological polar surface area (TPSA) is 42.0 Å². The number of hydrogen-bond donors (Lipinski definition) is 0. The average molecular weight is 386 g/mol. The quantitative estimate of drug-likeness (QED) is 0.798. The Hall–Kier alpha value is -1.80. The predicted octanol–water partition coefficient (Wildman–Crippen LogP) is 3.01. The van der Waals surface area contributed by atoms with Crippen molar-refractivity contribution in [2.75, 3.05) is 34.3 Å². The fourth-order valence-corrected chi connectivity index (χ4v) is 4.36. The van der Waals surface area contributed by atoms with Crippen LogP contribution in [0, 0.1) is 11.8 Å². The molecule has 0 aromatic heterocycles. The van der Waals surface area contributed by atoms with E-state index in [2.05, 4.69) is 9.64 Å². The van der Waals surface area contributed by atoms with Gasteiger partial charge in [0.05, 0.1) is 6.10 Å². The van der Waals surface area contributed by atoms with E-state index in [1.807, 2.05) is 14.1 Å². The van der Waals surface area contributed by atoms with E-state index in [1.54, 1.807) is 12.0 Å². The monoisotopic (exact) mass is 386 g/mol. The van der Waals surface area contributed by atoms with E-state index in [0.29, 0.717) is 31.0 Å². The molecule has 27 heavy (non-hydrogen) atoms. The predicted molar refractivity (Wildman–Crippen MR) is 93.5 cm³/mol. The van der Waals surface area contributed by atoms with Crippen molar-refractivity contribution < 1.29 is 27.4 Å². The SMILES string of the molecule is CO[C@@H]1C[C@H]2CN(C(=O)c3cccc(OC(F)(F)F)c3)C[C@H]2C[C@H]1N(C)C. The summed E-state index contributed by atoms with van der Waals surface area (Å²) >= 11 is 0. The fraction of sp³-hybridized carbons (Fsp3) is 0.632. The molecule has 1 aliphatic heterocycles. The van der Waals surface area contributed by atoms with Gasteiger partial charge in [-0.25, -0.2) is 0 Å². The van der Waals surface area contributed by atoms with Crippen molar-refractivity contribution >= 4 is 5.91 Å². The van der Waals surface area contributed by atoms with Gasteiger partial charge in [0.2, 0.25) is 0 Å². The molecule has 1 saturated heterocycles. The molecule has 0 bridgehead atoms. The number of ether oxygens (including phenoxy) is 2. The summed E-state index contributed by atoms with van der Waals surface area (Å²) in [6.07, 6.45) is -2.83. The molecule has 0 N–H and O–H groups in total. The third-order valence-electron chi connectivity index (χ3n) is 5.65. The summed E-state index contributed by atoms with van der Waals surface area (Å²) in [5, 5.41) is 0. The second-order valence-corrected chi connectivity index (χ2v) is 7.58. The highest BCUT2D eigenvalue weighted by molar-refractivity contribution is 5.94. The molecular weight excluding hydrogens is 361 g/mol. The zero-order valence-corrected chi connectivity index (χ0v) is 15.7. The Morgan fingerprint density at radius 2 is 1.85 bits per heavy atom. The number of methoxy groups -OCH3 is 1. The molecule has 1 aromatic carbocycles. The van der Waals surface area contributed by atoms with Gasteiger partial charge in [-0.05, 0) is 57.0 Å². The van der Waals surface area contributed by atoms with Crippen molar-refractivity contribution in [1.29, 1.82) is 0 Å². The van der Waals surface area contributed by atoms with Crippen LogP contribution in [0.5, 0.6) is 5.75 Å². The summed E-state index contributed by atoms with van der Waals surface area (Å²) in [7, 11) is 5.77. The van der Waals surface area contributed by atoms with Gasteiger partial charge in [0.1, 0.15) is 5.75 Å². The Morgan fingerprint density at radius 1 is 1.19 bits per heavy atom. The van der Waals surface area contributed by atoms with Gasteiger partial charge in [0.15, 0.2) is 0 Å². The summed E-state index contributed by atoms with van der Waals surface area (Å²) < 4.78 is 46.8. The second-order valence-electron chi connectivity index (χ2n) is 7.58. The van der Waals surface area contributed by atoms with Crippen LogP contribution in [0.4, 0.5) is 13.2 Å². The minimum absolute atomic E-state index is 0.125. The maximum Gasteiger partial charge on any atom is 0.573 e. The Bertz CT molecular complexity index is 680. The lowest BCUT2D eigenvalue weighted by atomic mass is 9.77. The number of halogens is 3. The largest absolute Gasteiger partial charge is 0.573 e. The van der Waals surface area contributed by atoms with Gasteiger partial charge < -0.3 is 19.3 Å². The molecule has 0 radical (unpaired) electrons. The number of hydrogen-bond acceptors (Lipinski definition) is 4. The summed E-state index contributed by atoms with van der Waals surface area (Å²) in [6, 6.07) is 5.57. The number of nitrogens with zero attached hydrogens (tertiary/aromatic N) is 2. The van der Waals surface area contributed by atoms with Gasteiger partial charge in [-0.3, -0.25) is 4.79 Å². The van der Waals surface area contributed by atoms with Crippen LogP contribution in [0.3, 0.4) is 0 Å². The zero-order chi connectivity index (χ0) is 19.8. The van der Waals surface area contributed by atoms with Crippen LogP contribution in [0.1, 0.15) is 23.2 Å². The average Bonchev–Trinajstić information content (AvgIpc) is 3.01. The summed E-state index contributed by atoms with van der Waals surface area (Å²) in [4.78, 5) is 16.7. The van der Waals surface area contributed by atoms with E-state index in [9.17, 15) is 18.0 Å². The van der Waals surface area contributed by atoms with Crippen molar-refractivity contribution in [3.05, 3.63) is 29.8 Å². The molecule has 5 nitrogen and oxygen atoms in total. The molecule has 1 aromatic rings. The Labute approximate surface area is 157 Å². The number of rotatable bonds is 4. The van der Waals surface area contributed by atoms with Crippen LogP contribution in [-0.2, 0) is 4.74 Å². The molecule has 8 heteroatoms. The first-order valence-electron chi connectivity index (χ1n) is 9.02. The van der Waals surface area contributed by atoms with Gasteiger partial charge in [-0.2, -0.15) is 0 Å². The molecule has 2 fully saturated rings. The van der Waals surface area contributed by atoms with Gasteiger partial charge in [0, 0.05) is 31.8 Å². The highest BCUT2D eigenvalue weighted by atomic mass is 19.4. The van der Waals surface area contributed by atoms with Crippen LogP contribution in [0.2, 0.25) is 0 Å². The standard InChI is InChI=1S/C19H25F3N2O3/c1-23(2)16-8-13-10-24(11-14(13)9-17(16)26-3)18(25)12-5-4-6-15(7-12)27-19(20,21)22/h4-7,13-14,16-17H,8-11H2,1-3H3/t13-,14+,16-,17-/m1/s1. The maximum absolute atomic E-state index is 12.8. The number of benzene rings is 1. The molecule has 150 valence electrons. The highest BCUT2D eigenvalue weighted by Gasteiger charge is 2.44. The molecule has 1 heterocycles. The van der Waals surface area contributed by atoms with E-state index < -0.39 is 6.36 Å². The zero-order valence-electron chi connectivity index (χ0n) is 15.7. The van der Waals surface area contributed by atoms with E-state index in [-0.39, 0.29) is 23.3 Å². The van der Waals surface area contributed by atoms with Crippen molar-refractivity contribution in [2.45, 2.75) is 31.3 Å². The number of fused-ring (bicyclic) bond motifs is 1. The van der Waals surface area contributed by atoms with E-state index >= 15 is 0 Å². The van der Waals surface area contributed by atoms with Crippen molar-refractivity contribution in [2.24, 2.45) is 11.8 Å². The molecule has 3 rings (SSSR count). The lowest BCUT2D eigenvalue weighted by Crippen LogP contribution is -2.47. The van der Waals surface area contributed by atoms with Gasteiger partial charge >= 0.3 is 6.36 Å². The Morgan fingerprint density at radius 3 is 2.44 bits per heavy atom. The second kappa shape index (κ2) is 7.67. The number of alkyl halides is 3. The Kier molecular flexibility index (Phi) is 5.67. The molecule has 0 unspecified atom stereocenters. The molecule has 1 saturated carbocycles. The van der Waals surface area contributed by atoms with Crippen molar-refractivity contribution in [3.63, 3.8) is 0 Å². The summed E-state index contributed by atoms with van der Waals surface area (Å²) in [6.45, 7) is 1.22. The van der Waals surface area contributed by atoms with E-state index in [4.69, 9.17) is 4.74 Å². The fourth-order valence-electron chi connectivity index (χ4n) is 4.36. The maximum atomic E-state index is 12.8. The van der Waals surface area contributed by atoms with Crippen LogP contribution in [0.25, 0.3) is 0 Å². The first-order valence-corrected chi connectivity index (χ1v) is 9.02. The number of likely N-dealkylation sites (N-methyl/N-ethyl adjacent to an activating group) is 1. The molecule has 1 aliphatic carbocycles. The minimum Gasteiger partial charge on any atom is -0.406 e. The third-order valence-corrected chi connectivity index (χ3v) is 5.65. The van der Waals surface area contributed by atoms with Gasteiger partial charge in [-0.15, -0.1) is 13.2 Å². The van der Waals surface area contributed by atoms with Crippen LogP contribution >= 0.6 is 0 Å². The normalized spacial score (nSPS) is 28.3. The molecule has 0 spiro atoms. The molecule has 1 amide bonds. The van der Waals surface area contributed by atoms with Gasteiger partial charge in [-0.1, -0.05) is 6.07 Å².